The first-order valence-electron chi connectivity index (χ1n) is 8.93. The van der Waals surface area contributed by atoms with Gasteiger partial charge >= 0.3 is 5.97 Å². The second kappa shape index (κ2) is 8.11. The highest BCUT2D eigenvalue weighted by Gasteiger charge is 2.33. The van der Waals surface area contributed by atoms with Gasteiger partial charge < -0.3 is 9.64 Å². The van der Waals surface area contributed by atoms with Crippen LogP contribution in [0.4, 0.5) is 0 Å². The Morgan fingerprint density at radius 3 is 2.46 bits per heavy atom. The molecule has 1 aliphatic rings. The van der Waals surface area contributed by atoms with Gasteiger partial charge in [0.1, 0.15) is 6.54 Å². The van der Waals surface area contributed by atoms with E-state index >= 15 is 0 Å². The minimum atomic E-state index is -0.0342. The summed E-state index contributed by atoms with van der Waals surface area (Å²) in [4.78, 5) is 13.5. The van der Waals surface area contributed by atoms with Crippen molar-refractivity contribution in [3.05, 3.63) is 60.2 Å². The molecule has 3 heteroatoms. The van der Waals surface area contributed by atoms with Gasteiger partial charge in [0, 0.05) is 12.0 Å². The Bertz CT molecular complexity index is 651. The molecule has 0 aliphatic carbocycles. The van der Waals surface area contributed by atoms with Crippen molar-refractivity contribution in [3.8, 4) is 11.1 Å². The number of hydrogen-bond donors (Lipinski definition) is 1. The van der Waals surface area contributed by atoms with E-state index in [2.05, 4.69) is 48.5 Å². The van der Waals surface area contributed by atoms with E-state index in [1.165, 1.54) is 28.0 Å². The number of ether oxygens (including phenoxy) is 1. The average molecular weight is 324 g/mol. The third-order valence-electron chi connectivity index (χ3n) is 4.80. The molecule has 2 atom stereocenters. The molecule has 1 heterocycles. The van der Waals surface area contributed by atoms with Crippen LogP contribution < -0.4 is 4.90 Å². The minimum absolute atomic E-state index is 0.00694. The molecule has 3 nitrogen and oxygen atoms in total. The van der Waals surface area contributed by atoms with E-state index in [1.54, 1.807) is 0 Å². The summed E-state index contributed by atoms with van der Waals surface area (Å²) in [6.45, 7) is 4.28. The van der Waals surface area contributed by atoms with E-state index in [0.717, 1.165) is 25.9 Å². The Balaban J connectivity index is 1.69. The van der Waals surface area contributed by atoms with Gasteiger partial charge in [0.05, 0.1) is 13.2 Å². The van der Waals surface area contributed by atoms with Gasteiger partial charge in [-0.2, -0.15) is 0 Å². The third kappa shape index (κ3) is 4.04. The third-order valence-corrected chi connectivity index (χ3v) is 4.80. The molecule has 0 bridgehead atoms. The van der Waals surface area contributed by atoms with Crippen LogP contribution in [0.25, 0.3) is 11.1 Å². The zero-order chi connectivity index (χ0) is 16.8. The highest BCUT2D eigenvalue weighted by Crippen LogP contribution is 2.19. The number of hydrogen-bond acceptors (Lipinski definition) is 2. The molecule has 1 saturated heterocycles. The van der Waals surface area contributed by atoms with Crippen molar-refractivity contribution >= 4 is 5.97 Å². The molecule has 24 heavy (non-hydrogen) atoms. The van der Waals surface area contributed by atoms with Gasteiger partial charge in [-0.3, -0.25) is 0 Å². The zero-order valence-electron chi connectivity index (χ0n) is 14.3. The van der Waals surface area contributed by atoms with Gasteiger partial charge in [0.2, 0.25) is 0 Å². The van der Waals surface area contributed by atoms with Crippen LogP contribution in [0.3, 0.4) is 0 Å². The number of rotatable bonds is 5. The Morgan fingerprint density at radius 1 is 1.04 bits per heavy atom. The second-order valence-corrected chi connectivity index (χ2v) is 6.45. The van der Waals surface area contributed by atoms with Crippen molar-refractivity contribution in [2.45, 2.75) is 38.8 Å². The molecule has 126 valence electrons. The van der Waals surface area contributed by atoms with Crippen LogP contribution in [-0.4, -0.2) is 25.2 Å². The van der Waals surface area contributed by atoms with Crippen LogP contribution in [0.2, 0.25) is 0 Å². The van der Waals surface area contributed by atoms with Gasteiger partial charge in [-0.1, -0.05) is 54.6 Å². The maximum Gasteiger partial charge on any atom is 0.364 e. The average Bonchev–Trinajstić information content (AvgIpc) is 2.64. The predicted octanol–water partition coefficient (Wildman–Crippen LogP) is 2.85. The number of carbonyl (C=O) groups excluding carboxylic acids is 1. The van der Waals surface area contributed by atoms with E-state index in [0.29, 0.717) is 6.61 Å². The Kier molecular flexibility index (Phi) is 5.65. The molecule has 1 unspecified atom stereocenters. The molecular weight excluding hydrogens is 298 g/mol. The molecule has 0 spiro atoms. The monoisotopic (exact) mass is 324 g/mol. The van der Waals surface area contributed by atoms with E-state index < -0.39 is 0 Å². The molecule has 0 radical (unpaired) electrons. The standard InChI is InChI=1S/C21H25NO2/c1-2-24-21(23)20-10-6-7-15-22(20)16-17-11-13-19(14-12-17)18-8-4-3-5-9-18/h3-5,8-9,11-14,20H,2,6-7,10,15-16H2,1H3/p+1/t20-/m1/s1. The van der Waals surface area contributed by atoms with Gasteiger partial charge in [-0.05, 0) is 30.9 Å². The van der Waals surface area contributed by atoms with Crippen molar-refractivity contribution in [1.29, 1.82) is 0 Å². The number of likely N-dealkylation sites (tertiary alicyclic amines) is 1. The topological polar surface area (TPSA) is 30.7 Å². The first-order valence-corrected chi connectivity index (χ1v) is 8.93. The fourth-order valence-corrected chi connectivity index (χ4v) is 3.53. The quantitative estimate of drug-likeness (QED) is 0.858. The summed E-state index contributed by atoms with van der Waals surface area (Å²) in [5.41, 5.74) is 3.74. The van der Waals surface area contributed by atoms with Crippen molar-refractivity contribution in [2.24, 2.45) is 0 Å². The van der Waals surface area contributed by atoms with Crippen LogP contribution in [0.1, 0.15) is 31.7 Å². The minimum Gasteiger partial charge on any atom is -0.462 e. The SMILES string of the molecule is CCOC(=O)[C@H]1CCCC[NH+]1Cc1ccc(-c2ccccc2)cc1. The second-order valence-electron chi connectivity index (χ2n) is 6.45. The summed E-state index contributed by atoms with van der Waals surface area (Å²) in [7, 11) is 0. The fraction of sp³-hybridized carbons (Fsp3) is 0.381. The summed E-state index contributed by atoms with van der Waals surface area (Å²) < 4.78 is 5.27. The molecule has 1 N–H and O–H groups in total. The Labute approximate surface area is 144 Å². The van der Waals surface area contributed by atoms with Gasteiger partial charge in [-0.25, -0.2) is 4.79 Å². The lowest BCUT2D eigenvalue weighted by molar-refractivity contribution is -0.935. The first kappa shape index (κ1) is 16.7. The molecule has 0 saturated carbocycles. The normalized spacial score (nSPS) is 20.5. The molecule has 2 aromatic rings. The highest BCUT2D eigenvalue weighted by atomic mass is 16.5. The van der Waals surface area contributed by atoms with Crippen LogP contribution in [0.5, 0.6) is 0 Å². The summed E-state index contributed by atoms with van der Waals surface area (Å²) >= 11 is 0. The number of carbonyl (C=O) groups is 1. The van der Waals surface area contributed by atoms with Crippen LogP contribution in [0, 0.1) is 0 Å². The molecule has 1 fully saturated rings. The fourth-order valence-electron chi connectivity index (χ4n) is 3.53. The molecular formula is C21H26NO2+. The van der Waals surface area contributed by atoms with Gasteiger partial charge in [0.15, 0.2) is 6.04 Å². The summed E-state index contributed by atoms with van der Waals surface area (Å²) in [6, 6.07) is 19.1. The molecule has 2 aromatic carbocycles. The first-order chi connectivity index (χ1) is 11.8. The van der Waals surface area contributed by atoms with E-state index in [4.69, 9.17) is 4.74 Å². The number of quaternary nitrogens is 1. The number of piperidine rings is 1. The molecule has 0 amide bonds. The lowest BCUT2D eigenvalue weighted by Gasteiger charge is -2.31. The maximum atomic E-state index is 12.2. The summed E-state index contributed by atoms with van der Waals surface area (Å²) in [6.07, 6.45) is 3.25. The highest BCUT2D eigenvalue weighted by molar-refractivity contribution is 5.74. The Hall–Kier alpha value is -2.13. The zero-order valence-corrected chi connectivity index (χ0v) is 14.3. The Morgan fingerprint density at radius 2 is 1.75 bits per heavy atom. The van der Waals surface area contributed by atoms with Crippen molar-refractivity contribution in [1.82, 2.24) is 0 Å². The number of benzene rings is 2. The predicted molar refractivity (Wildman–Crippen MR) is 95.7 cm³/mol. The number of esters is 1. The van der Waals surface area contributed by atoms with Crippen LogP contribution in [-0.2, 0) is 16.1 Å². The van der Waals surface area contributed by atoms with Crippen molar-refractivity contribution < 1.29 is 14.4 Å². The maximum absolute atomic E-state index is 12.2. The smallest absolute Gasteiger partial charge is 0.364 e. The van der Waals surface area contributed by atoms with Gasteiger partial charge in [0.25, 0.3) is 0 Å². The van der Waals surface area contributed by atoms with E-state index in [-0.39, 0.29) is 12.0 Å². The lowest BCUT2D eigenvalue weighted by Crippen LogP contribution is -3.16. The van der Waals surface area contributed by atoms with Crippen LogP contribution in [0.15, 0.2) is 54.6 Å². The van der Waals surface area contributed by atoms with Crippen molar-refractivity contribution in [3.63, 3.8) is 0 Å². The lowest BCUT2D eigenvalue weighted by atomic mass is 10.00. The van der Waals surface area contributed by atoms with Crippen LogP contribution >= 0.6 is 0 Å². The van der Waals surface area contributed by atoms with E-state index in [9.17, 15) is 4.79 Å². The van der Waals surface area contributed by atoms with E-state index in [1.807, 2.05) is 13.0 Å². The summed E-state index contributed by atoms with van der Waals surface area (Å²) in [5.74, 6) is -0.0342. The summed E-state index contributed by atoms with van der Waals surface area (Å²) in [5, 5.41) is 0. The largest absolute Gasteiger partial charge is 0.462 e. The molecule has 3 rings (SSSR count). The molecule has 0 aromatic heterocycles. The number of nitrogens with one attached hydrogen (secondary N) is 1. The molecule has 1 aliphatic heterocycles. The van der Waals surface area contributed by atoms with Crippen molar-refractivity contribution in [2.75, 3.05) is 13.2 Å². The van der Waals surface area contributed by atoms with Gasteiger partial charge in [-0.15, -0.1) is 0 Å².